The number of amidine groups is 1. The smallest absolute Gasteiger partial charge is 0.344 e. The second-order valence-corrected chi connectivity index (χ2v) is 7.37. The van der Waals surface area contributed by atoms with Gasteiger partial charge >= 0.3 is 5.97 Å². The monoisotopic (exact) mass is 446 g/mol. The van der Waals surface area contributed by atoms with Crippen LogP contribution in [0.4, 0.5) is 5.69 Å². The normalized spacial score (nSPS) is 15.9. The molecule has 3 rings (SSSR count). The van der Waals surface area contributed by atoms with E-state index in [0.29, 0.717) is 37.8 Å². The largest absolute Gasteiger partial charge is 0.493 e. The van der Waals surface area contributed by atoms with E-state index in [1.165, 1.54) is 18.9 Å². The van der Waals surface area contributed by atoms with Crippen molar-refractivity contribution in [1.29, 1.82) is 0 Å². The molecule has 0 bridgehead atoms. The van der Waals surface area contributed by atoms with Crippen LogP contribution in [0.3, 0.4) is 0 Å². The number of methoxy groups -OCH3 is 1. The van der Waals surface area contributed by atoms with Crippen molar-refractivity contribution >= 4 is 52.2 Å². The van der Waals surface area contributed by atoms with E-state index in [1.54, 1.807) is 43.3 Å². The van der Waals surface area contributed by atoms with Gasteiger partial charge in [-0.05, 0) is 54.6 Å². The molecule has 9 heteroatoms. The number of thioether (sulfide) groups is 1. The molecular formula is C21H19ClN2O5S. The predicted octanol–water partition coefficient (Wildman–Crippen LogP) is 4.18. The van der Waals surface area contributed by atoms with Crippen molar-refractivity contribution in [3.05, 3.63) is 58.0 Å². The molecule has 1 aliphatic rings. The molecule has 0 saturated carbocycles. The first-order valence-corrected chi connectivity index (χ1v) is 10.2. The third kappa shape index (κ3) is 5.55. The maximum absolute atomic E-state index is 12.3. The zero-order valence-corrected chi connectivity index (χ0v) is 17.9. The topological polar surface area (TPSA) is 86.2 Å². The lowest BCUT2D eigenvalue weighted by Gasteiger charge is -2.11. The van der Waals surface area contributed by atoms with Crippen molar-refractivity contribution in [3.8, 4) is 11.5 Å². The molecule has 1 heterocycles. The van der Waals surface area contributed by atoms with Crippen molar-refractivity contribution in [2.75, 3.05) is 20.3 Å². The van der Waals surface area contributed by atoms with Gasteiger partial charge in [0.15, 0.2) is 23.3 Å². The van der Waals surface area contributed by atoms with Crippen molar-refractivity contribution in [2.45, 2.75) is 6.92 Å². The number of carbonyl (C=O) groups is 2. The van der Waals surface area contributed by atoms with Crippen LogP contribution in [-0.4, -0.2) is 37.4 Å². The highest BCUT2D eigenvalue weighted by Crippen LogP contribution is 2.33. The maximum atomic E-state index is 12.3. The summed E-state index contributed by atoms with van der Waals surface area (Å²) in [5.41, 5.74) is 1.27. The van der Waals surface area contributed by atoms with Crippen LogP contribution in [-0.2, 0) is 14.3 Å². The van der Waals surface area contributed by atoms with Crippen LogP contribution in [0.15, 0.2) is 52.4 Å². The second-order valence-electron chi connectivity index (χ2n) is 5.94. The second kappa shape index (κ2) is 10.2. The van der Waals surface area contributed by atoms with E-state index < -0.39 is 5.97 Å². The molecule has 0 aromatic heterocycles. The molecule has 7 nitrogen and oxygen atoms in total. The summed E-state index contributed by atoms with van der Waals surface area (Å²) in [4.78, 5) is 28.7. The summed E-state index contributed by atoms with van der Waals surface area (Å²) >= 11 is 7.32. The number of rotatable bonds is 7. The summed E-state index contributed by atoms with van der Waals surface area (Å²) < 4.78 is 15.6. The Morgan fingerprint density at radius 1 is 1.23 bits per heavy atom. The first-order chi connectivity index (χ1) is 14.5. The van der Waals surface area contributed by atoms with E-state index in [-0.39, 0.29) is 19.1 Å². The molecule has 1 amide bonds. The minimum absolute atomic E-state index is 0.242. The van der Waals surface area contributed by atoms with E-state index >= 15 is 0 Å². The van der Waals surface area contributed by atoms with Gasteiger partial charge in [0.1, 0.15) is 0 Å². The lowest BCUT2D eigenvalue weighted by atomic mass is 10.2. The van der Waals surface area contributed by atoms with Gasteiger partial charge in [-0.15, -0.1) is 0 Å². The van der Waals surface area contributed by atoms with Gasteiger partial charge < -0.3 is 19.5 Å². The van der Waals surface area contributed by atoms with Crippen LogP contribution in [0.1, 0.15) is 12.5 Å². The third-order valence-corrected chi connectivity index (χ3v) is 5.09. The Balaban J connectivity index is 1.79. The third-order valence-electron chi connectivity index (χ3n) is 3.86. The predicted molar refractivity (Wildman–Crippen MR) is 117 cm³/mol. The molecule has 30 heavy (non-hydrogen) atoms. The zero-order valence-electron chi connectivity index (χ0n) is 16.3. The standard InChI is InChI=1S/C21H19ClN2O5S/c1-3-28-19(25)12-29-17-10-13(8-9-16(17)27-2)11-18-20(26)24-21(30-18)23-15-7-5-4-6-14(15)22/h4-11H,3,12H2,1-2H3,(H,23,24,26)/b18-11+. The van der Waals surface area contributed by atoms with Crippen molar-refractivity contribution < 1.29 is 23.8 Å². The summed E-state index contributed by atoms with van der Waals surface area (Å²) in [7, 11) is 1.50. The van der Waals surface area contributed by atoms with Crippen molar-refractivity contribution in [1.82, 2.24) is 5.32 Å². The molecule has 0 spiro atoms. The molecule has 1 saturated heterocycles. The highest BCUT2D eigenvalue weighted by atomic mass is 35.5. The highest BCUT2D eigenvalue weighted by Gasteiger charge is 2.24. The molecular weight excluding hydrogens is 428 g/mol. The fraction of sp³-hybridized carbons (Fsp3) is 0.190. The molecule has 1 N–H and O–H groups in total. The first-order valence-electron chi connectivity index (χ1n) is 9.00. The Morgan fingerprint density at radius 3 is 2.77 bits per heavy atom. The Morgan fingerprint density at radius 2 is 2.03 bits per heavy atom. The van der Waals surface area contributed by atoms with Crippen LogP contribution >= 0.6 is 23.4 Å². The van der Waals surface area contributed by atoms with Crippen molar-refractivity contribution in [2.24, 2.45) is 4.99 Å². The van der Waals surface area contributed by atoms with Crippen LogP contribution in [0.2, 0.25) is 5.02 Å². The molecule has 0 aliphatic carbocycles. The lowest BCUT2D eigenvalue weighted by Crippen LogP contribution is -2.19. The molecule has 0 radical (unpaired) electrons. The van der Waals surface area contributed by atoms with E-state index in [1.807, 2.05) is 12.1 Å². The summed E-state index contributed by atoms with van der Waals surface area (Å²) in [5, 5.41) is 3.65. The number of nitrogens with zero attached hydrogens (tertiary/aromatic N) is 1. The minimum Gasteiger partial charge on any atom is -0.493 e. The quantitative estimate of drug-likeness (QED) is 0.507. The number of halogens is 1. The number of carbonyl (C=O) groups excluding carboxylic acids is 2. The first kappa shape index (κ1) is 21.7. The number of esters is 1. The number of aliphatic imine (C=N–C) groups is 1. The number of hydrogen-bond acceptors (Lipinski definition) is 7. The lowest BCUT2D eigenvalue weighted by molar-refractivity contribution is -0.145. The number of benzene rings is 2. The van der Waals surface area contributed by atoms with E-state index in [0.717, 1.165) is 0 Å². The van der Waals surface area contributed by atoms with Crippen LogP contribution in [0, 0.1) is 0 Å². The zero-order chi connectivity index (χ0) is 21.5. The summed E-state index contributed by atoms with van der Waals surface area (Å²) in [6.07, 6.45) is 1.70. The van der Waals surface area contributed by atoms with Gasteiger partial charge in [-0.2, -0.15) is 0 Å². The minimum atomic E-state index is -0.477. The number of ether oxygens (including phenoxy) is 3. The maximum Gasteiger partial charge on any atom is 0.344 e. The highest BCUT2D eigenvalue weighted by molar-refractivity contribution is 8.18. The van der Waals surface area contributed by atoms with Crippen LogP contribution in [0.5, 0.6) is 11.5 Å². The number of para-hydroxylation sites is 1. The van der Waals surface area contributed by atoms with Gasteiger partial charge in [0.05, 0.1) is 29.3 Å². The van der Waals surface area contributed by atoms with Gasteiger partial charge in [-0.3, -0.25) is 4.79 Å². The Hall–Kier alpha value is -2.97. The Labute approximate surface area is 183 Å². The average Bonchev–Trinajstić information content (AvgIpc) is 3.07. The summed E-state index contributed by atoms with van der Waals surface area (Å²) in [5.74, 6) is 0.0873. The molecule has 1 aliphatic heterocycles. The van der Waals surface area contributed by atoms with Gasteiger partial charge in [-0.1, -0.05) is 29.8 Å². The van der Waals surface area contributed by atoms with Crippen molar-refractivity contribution in [3.63, 3.8) is 0 Å². The number of nitrogens with one attached hydrogen (secondary N) is 1. The molecule has 2 aromatic rings. The fourth-order valence-corrected chi connectivity index (χ4v) is 3.53. The summed E-state index contributed by atoms with van der Waals surface area (Å²) in [6, 6.07) is 12.3. The van der Waals surface area contributed by atoms with E-state index in [2.05, 4.69) is 10.3 Å². The van der Waals surface area contributed by atoms with E-state index in [4.69, 9.17) is 25.8 Å². The Bertz CT molecular complexity index is 1020. The Kier molecular flexibility index (Phi) is 7.37. The number of hydrogen-bond donors (Lipinski definition) is 1. The molecule has 0 atom stereocenters. The molecule has 156 valence electrons. The van der Waals surface area contributed by atoms with Gasteiger partial charge in [-0.25, -0.2) is 9.79 Å². The average molecular weight is 447 g/mol. The molecule has 2 aromatic carbocycles. The SMILES string of the molecule is CCOC(=O)COc1cc(/C=C2/SC(=Nc3ccccc3Cl)NC2=O)ccc1OC. The fourth-order valence-electron chi connectivity index (χ4n) is 2.52. The van der Waals surface area contributed by atoms with Gasteiger partial charge in [0.2, 0.25) is 0 Å². The molecule has 0 unspecified atom stereocenters. The van der Waals surface area contributed by atoms with Gasteiger partial charge in [0.25, 0.3) is 5.91 Å². The van der Waals surface area contributed by atoms with E-state index in [9.17, 15) is 9.59 Å². The molecule has 1 fully saturated rings. The van der Waals surface area contributed by atoms with Gasteiger partial charge in [0, 0.05) is 0 Å². The van der Waals surface area contributed by atoms with Crippen LogP contribution < -0.4 is 14.8 Å². The summed E-state index contributed by atoms with van der Waals surface area (Å²) in [6.45, 7) is 1.75. The number of amides is 1. The van der Waals surface area contributed by atoms with Crippen LogP contribution in [0.25, 0.3) is 6.08 Å².